The molecule has 1 aromatic rings. The molecule has 0 aromatic carbocycles. The van der Waals surface area contributed by atoms with Gasteiger partial charge in [-0.15, -0.1) is 23.7 Å². The number of nitrogens with one attached hydrogen (secondary N) is 1. The highest BCUT2D eigenvalue weighted by molar-refractivity contribution is 7.12. The van der Waals surface area contributed by atoms with E-state index in [0.717, 1.165) is 6.42 Å². The molecular formula is C17H30ClN3O2S. The highest BCUT2D eigenvalue weighted by Crippen LogP contribution is 2.12. The summed E-state index contributed by atoms with van der Waals surface area (Å²) >= 11 is 1.37. The van der Waals surface area contributed by atoms with Crippen LogP contribution in [0.15, 0.2) is 17.5 Å². The van der Waals surface area contributed by atoms with Gasteiger partial charge >= 0.3 is 0 Å². The molecular weight excluding hydrogens is 346 g/mol. The molecule has 7 heteroatoms. The second kappa shape index (κ2) is 10.7. The van der Waals surface area contributed by atoms with Gasteiger partial charge in [0.05, 0.1) is 4.88 Å². The second-order valence-electron chi connectivity index (χ2n) is 6.63. The average Bonchev–Trinajstić information content (AvgIpc) is 3.02. The molecule has 24 heavy (non-hydrogen) atoms. The quantitative estimate of drug-likeness (QED) is 0.733. The molecule has 0 saturated carbocycles. The van der Waals surface area contributed by atoms with Crippen LogP contribution in [-0.2, 0) is 4.79 Å². The Labute approximate surface area is 155 Å². The summed E-state index contributed by atoms with van der Waals surface area (Å²) in [5.74, 6) is 0.144. The highest BCUT2D eigenvalue weighted by Gasteiger charge is 2.27. The van der Waals surface area contributed by atoms with E-state index in [1.807, 2.05) is 25.3 Å². The van der Waals surface area contributed by atoms with Crippen LogP contribution in [-0.4, -0.2) is 42.4 Å². The van der Waals surface area contributed by atoms with Crippen LogP contribution in [0.25, 0.3) is 0 Å². The van der Waals surface area contributed by atoms with Crippen molar-refractivity contribution in [1.82, 2.24) is 10.2 Å². The SMILES string of the molecule is CC(C)C(N)CCN(C)C(=O)C(NC(=O)c1cccs1)C(C)C.Cl. The van der Waals surface area contributed by atoms with Crippen molar-refractivity contribution in [2.75, 3.05) is 13.6 Å². The van der Waals surface area contributed by atoms with Gasteiger partial charge in [-0.2, -0.15) is 0 Å². The summed E-state index contributed by atoms with van der Waals surface area (Å²) in [5.41, 5.74) is 6.04. The van der Waals surface area contributed by atoms with Crippen LogP contribution < -0.4 is 11.1 Å². The number of nitrogens with two attached hydrogens (primary N) is 1. The van der Waals surface area contributed by atoms with E-state index in [-0.39, 0.29) is 36.2 Å². The first-order valence-corrected chi connectivity index (χ1v) is 8.97. The number of rotatable bonds is 8. The molecule has 0 bridgehead atoms. The molecule has 0 saturated heterocycles. The van der Waals surface area contributed by atoms with Gasteiger partial charge in [-0.25, -0.2) is 0 Å². The minimum absolute atomic E-state index is 0. The Morgan fingerprint density at radius 1 is 1.25 bits per heavy atom. The van der Waals surface area contributed by atoms with E-state index in [2.05, 4.69) is 19.2 Å². The molecule has 1 aromatic heterocycles. The number of likely N-dealkylation sites (N-methyl/N-ethyl adjacent to an activating group) is 1. The zero-order valence-corrected chi connectivity index (χ0v) is 16.7. The third-order valence-electron chi connectivity index (χ3n) is 3.99. The summed E-state index contributed by atoms with van der Waals surface area (Å²) < 4.78 is 0. The molecule has 0 radical (unpaired) electrons. The van der Waals surface area contributed by atoms with Crippen molar-refractivity contribution in [3.05, 3.63) is 22.4 Å². The van der Waals surface area contributed by atoms with Crippen LogP contribution in [0.2, 0.25) is 0 Å². The van der Waals surface area contributed by atoms with E-state index >= 15 is 0 Å². The number of halogens is 1. The molecule has 2 atom stereocenters. The van der Waals surface area contributed by atoms with Gasteiger partial charge in [0.15, 0.2) is 0 Å². The summed E-state index contributed by atoms with van der Waals surface area (Å²) in [6, 6.07) is 3.13. The second-order valence-corrected chi connectivity index (χ2v) is 7.58. The third kappa shape index (κ3) is 6.79. The lowest BCUT2D eigenvalue weighted by molar-refractivity contribution is -0.133. The predicted molar refractivity (Wildman–Crippen MR) is 103 cm³/mol. The minimum atomic E-state index is -0.523. The molecule has 0 aliphatic rings. The molecule has 0 aliphatic heterocycles. The zero-order valence-electron chi connectivity index (χ0n) is 15.1. The maximum absolute atomic E-state index is 12.6. The summed E-state index contributed by atoms with van der Waals surface area (Å²) in [7, 11) is 1.77. The standard InChI is InChI=1S/C17H29N3O2S.ClH/c1-11(2)13(18)8-9-20(5)17(22)15(12(3)4)19-16(21)14-7-6-10-23-14;/h6-7,10-13,15H,8-9,18H2,1-5H3,(H,19,21);1H. The van der Waals surface area contributed by atoms with Crippen molar-refractivity contribution >= 4 is 35.6 Å². The lowest BCUT2D eigenvalue weighted by Crippen LogP contribution is -2.50. The third-order valence-corrected chi connectivity index (χ3v) is 4.86. The number of carbonyl (C=O) groups excluding carboxylic acids is 2. The highest BCUT2D eigenvalue weighted by atomic mass is 35.5. The van der Waals surface area contributed by atoms with Crippen molar-refractivity contribution in [3.8, 4) is 0 Å². The van der Waals surface area contributed by atoms with Gasteiger partial charge in [-0.3, -0.25) is 9.59 Å². The van der Waals surface area contributed by atoms with Crippen LogP contribution in [0.5, 0.6) is 0 Å². The monoisotopic (exact) mass is 375 g/mol. The first kappa shape index (κ1) is 22.9. The first-order chi connectivity index (χ1) is 10.7. The number of nitrogens with zero attached hydrogens (tertiary/aromatic N) is 1. The van der Waals surface area contributed by atoms with Crippen molar-refractivity contribution in [2.45, 2.75) is 46.2 Å². The van der Waals surface area contributed by atoms with E-state index in [4.69, 9.17) is 5.73 Å². The van der Waals surface area contributed by atoms with Crippen molar-refractivity contribution in [1.29, 1.82) is 0 Å². The largest absolute Gasteiger partial charge is 0.344 e. The molecule has 0 spiro atoms. The van der Waals surface area contributed by atoms with Gasteiger partial charge in [0, 0.05) is 19.6 Å². The number of carbonyl (C=O) groups is 2. The lowest BCUT2D eigenvalue weighted by Gasteiger charge is -2.28. The van der Waals surface area contributed by atoms with Crippen molar-refractivity contribution in [2.24, 2.45) is 17.6 Å². The van der Waals surface area contributed by atoms with Gasteiger partial charge in [0.1, 0.15) is 6.04 Å². The number of amides is 2. The van der Waals surface area contributed by atoms with E-state index in [0.29, 0.717) is 17.3 Å². The van der Waals surface area contributed by atoms with E-state index < -0.39 is 6.04 Å². The first-order valence-electron chi connectivity index (χ1n) is 8.09. The predicted octanol–water partition coefficient (Wildman–Crippen LogP) is 2.76. The Kier molecular flexibility index (Phi) is 10.2. The van der Waals surface area contributed by atoms with Crippen LogP contribution >= 0.6 is 23.7 Å². The van der Waals surface area contributed by atoms with Crippen molar-refractivity contribution < 1.29 is 9.59 Å². The minimum Gasteiger partial charge on any atom is -0.344 e. The Hall–Kier alpha value is -1.11. The number of hydrogen-bond donors (Lipinski definition) is 2. The number of thiophene rings is 1. The molecule has 3 N–H and O–H groups in total. The lowest BCUT2D eigenvalue weighted by atomic mass is 10.0. The fourth-order valence-electron chi connectivity index (χ4n) is 2.16. The summed E-state index contributed by atoms with van der Waals surface area (Å²) in [6.45, 7) is 8.61. The summed E-state index contributed by atoms with van der Waals surface area (Å²) in [4.78, 5) is 27.1. The molecule has 5 nitrogen and oxygen atoms in total. The van der Waals surface area contributed by atoms with Gasteiger partial charge in [-0.05, 0) is 29.7 Å². The Bertz CT molecular complexity index is 506. The molecule has 1 heterocycles. The summed E-state index contributed by atoms with van der Waals surface area (Å²) in [6.07, 6.45) is 0.754. The normalized spacial score (nSPS) is 13.3. The maximum atomic E-state index is 12.6. The average molecular weight is 376 g/mol. The van der Waals surface area contributed by atoms with Gasteiger partial charge < -0.3 is 16.0 Å². The molecule has 138 valence electrons. The van der Waals surface area contributed by atoms with Crippen LogP contribution in [0.1, 0.15) is 43.8 Å². The Balaban J connectivity index is 0.00000529. The topological polar surface area (TPSA) is 75.4 Å². The van der Waals surface area contributed by atoms with Crippen LogP contribution in [0, 0.1) is 11.8 Å². The molecule has 2 unspecified atom stereocenters. The van der Waals surface area contributed by atoms with Crippen molar-refractivity contribution in [3.63, 3.8) is 0 Å². The summed E-state index contributed by atoms with van der Waals surface area (Å²) in [5, 5.41) is 4.71. The molecule has 1 rings (SSSR count). The van der Waals surface area contributed by atoms with Gasteiger partial charge in [-0.1, -0.05) is 33.8 Å². The molecule has 0 fully saturated rings. The zero-order chi connectivity index (χ0) is 17.6. The van der Waals surface area contributed by atoms with E-state index in [1.54, 1.807) is 18.0 Å². The number of hydrogen-bond acceptors (Lipinski definition) is 4. The van der Waals surface area contributed by atoms with E-state index in [1.165, 1.54) is 11.3 Å². The smallest absolute Gasteiger partial charge is 0.262 e. The molecule has 2 amide bonds. The van der Waals surface area contributed by atoms with Gasteiger partial charge in [0.25, 0.3) is 5.91 Å². The van der Waals surface area contributed by atoms with E-state index in [9.17, 15) is 9.59 Å². The fraction of sp³-hybridized carbons (Fsp3) is 0.647. The fourth-order valence-corrected chi connectivity index (χ4v) is 2.78. The molecule has 0 aliphatic carbocycles. The van der Waals surface area contributed by atoms with Crippen LogP contribution in [0.4, 0.5) is 0 Å². The maximum Gasteiger partial charge on any atom is 0.262 e. The Morgan fingerprint density at radius 2 is 1.88 bits per heavy atom. The van der Waals surface area contributed by atoms with Gasteiger partial charge in [0.2, 0.25) is 5.91 Å². The Morgan fingerprint density at radius 3 is 2.33 bits per heavy atom. The van der Waals surface area contributed by atoms with Crippen LogP contribution in [0.3, 0.4) is 0 Å².